The van der Waals surface area contributed by atoms with Crippen LogP contribution in [0.5, 0.6) is 0 Å². The van der Waals surface area contributed by atoms with E-state index in [2.05, 4.69) is 20.6 Å². The number of rotatable bonds is 2. The van der Waals surface area contributed by atoms with Gasteiger partial charge in [-0.3, -0.25) is 4.79 Å². The molecule has 1 atom stereocenters. The van der Waals surface area contributed by atoms with Crippen LogP contribution in [0, 0.1) is 6.92 Å². The van der Waals surface area contributed by atoms with E-state index in [1.54, 1.807) is 0 Å². The number of carbonyl (C=O) groups is 1. The molecule has 1 aliphatic rings. The first-order chi connectivity index (χ1) is 9.25. The molecule has 1 fully saturated rings. The predicted molar refractivity (Wildman–Crippen MR) is 68.4 cm³/mol. The monoisotopic (exact) mass is 257 g/mol. The molecule has 1 saturated heterocycles. The van der Waals surface area contributed by atoms with E-state index in [1.165, 1.54) is 0 Å². The van der Waals surface area contributed by atoms with Gasteiger partial charge in [0.1, 0.15) is 0 Å². The Morgan fingerprint density at radius 3 is 2.84 bits per heavy atom. The lowest BCUT2D eigenvalue weighted by atomic mass is 10.1. The number of H-pyrrole nitrogens is 1. The van der Waals surface area contributed by atoms with Gasteiger partial charge in [0.15, 0.2) is 5.82 Å². The Labute approximate surface area is 110 Å². The number of aromatic nitrogens is 4. The minimum Gasteiger partial charge on any atom is -0.328 e. The summed E-state index contributed by atoms with van der Waals surface area (Å²) >= 11 is 0. The zero-order valence-electron chi connectivity index (χ0n) is 10.7. The molecule has 19 heavy (non-hydrogen) atoms. The van der Waals surface area contributed by atoms with E-state index in [-0.39, 0.29) is 11.9 Å². The number of nitrogens with one attached hydrogen (secondary N) is 1. The molecule has 0 aliphatic carbocycles. The van der Waals surface area contributed by atoms with E-state index >= 15 is 0 Å². The molecule has 0 unspecified atom stereocenters. The molecule has 2 heterocycles. The Morgan fingerprint density at radius 2 is 2.16 bits per heavy atom. The summed E-state index contributed by atoms with van der Waals surface area (Å²) in [7, 11) is 0. The molecule has 6 nitrogen and oxygen atoms in total. The van der Waals surface area contributed by atoms with E-state index in [4.69, 9.17) is 0 Å². The van der Waals surface area contributed by atoms with Crippen molar-refractivity contribution in [3.63, 3.8) is 0 Å². The van der Waals surface area contributed by atoms with Crippen LogP contribution in [-0.4, -0.2) is 38.0 Å². The van der Waals surface area contributed by atoms with Crippen molar-refractivity contribution in [2.24, 2.45) is 0 Å². The number of amides is 1. The lowest BCUT2D eigenvalue weighted by Gasteiger charge is -2.22. The molecule has 3 rings (SSSR count). The van der Waals surface area contributed by atoms with Gasteiger partial charge < -0.3 is 4.90 Å². The summed E-state index contributed by atoms with van der Waals surface area (Å²) in [6, 6.07) is 7.57. The maximum atomic E-state index is 12.5. The van der Waals surface area contributed by atoms with Crippen LogP contribution in [0.25, 0.3) is 0 Å². The number of hydrogen-bond donors (Lipinski definition) is 1. The van der Waals surface area contributed by atoms with Crippen molar-refractivity contribution in [2.75, 3.05) is 6.54 Å². The van der Waals surface area contributed by atoms with Crippen molar-refractivity contribution in [2.45, 2.75) is 25.8 Å². The minimum absolute atomic E-state index is 0.0345. The summed E-state index contributed by atoms with van der Waals surface area (Å²) < 4.78 is 0. The number of carbonyl (C=O) groups excluding carboxylic acids is 1. The topological polar surface area (TPSA) is 74.8 Å². The van der Waals surface area contributed by atoms with Gasteiger partial charge in [-0.05, 0) is 31.9 Å². The maximum absolute atomic E-state index is 12.5. The number of aryl methyl sites for hydroxylation is 1. The molecule has 1 aromatic heterocycles. The van der Waals surface area contributed by atoms with Crippen LogP contribution in [0.3, 0.4) is 0 Å². The van der Waals surface area contributed by atoms with E-state index in [0.29, 0.717) is 11.4 Å². The molecule has 1 aromatic carbocycles. The molecule has 0 saturated carbocycles. The maximum Gasteiger partial charge on any atom is 0.254 e. The minimum atomic E-state index is -0.0625. The molecule has 98 valence electrons. The zero-order chi connectivity index (χ0) is 13.2. The third kappa shape index (κ3) is 2.21. The summed E-state index contributed by atoms with van der Waals surface area (Å²) in [6.07, 6.45) is 1.86. The van der Waals surface area contributed by atoms with Gasteiger partial charge in [-0.25, -0.2) is 0 Å². The van der Waals surface area contributed by atoms with Crippen LogP contribution in [-0.2, 0) is 0 Å². The van der Waals surface area contributed by atoms with Crippen LogP contribution in [0.4, 0.5) is 0 Å². The third-order valence-corrected chi connectivity index (χ3v) is 3.47. The van der Waals surface area contributed by atoms with Crippen LogP contribution in [0.15, 0.2) is 24.3 Å². The lowest BCUT2D eigenvalue weighted by Crippen LogP contribution is -2.31. The highest BCUT2D eigenvalue weighted by atomic mass is 16.2. The van der Waals surface area contributed by atoms with E-state index in [1.807, 2.05) is 36.1 Å². The summed E-state index contributed by atoms with van der Waals surface area (Å²) in [4.78, 5) is 14.3. The number of likely N-dealkylation sites (tertiary alicyclic amines) is 1. The number of benzene rings is 1. The molecule has 1 amide bonds. The predicted octanol–water partition coefficient (Wildman–Crippen LogP) is 1.49. The fraction of sp³-hybridized carbons (Fsp3) is 0.385. The van der Waals surface area contributed by atoms with Gasteiger partial charge in [0.05, 0.1) is 6.04 Å². The standard InChI is InChI=1S/C13H15N5O/c1-9-4-6-10(7-5-9)13(19)18-8-2-3-11(18)12-14-16-17-15-12/h4-7,11H,2-3,8H2,1H3,(H,14,15,16,17)/t11-/m0/s1. The van der Waals surface area contributed by atoms with Gasteiger partial charge >= 0.3 is 0 Å². The highest BCUT2D eigenvalue weighted by molar-refractivity contribution is 5.94. The fourth-order valence-corrected chi connectivity index (χ4v) is 2.45. The fourth-order valence-electron chi connectivity index (χ4n) is 2.45. The van der Waals surface area contributed by atoms with E-state index in [9.17, 15) is 4.79 Å². The SMILES string of the molecule is Cc1ccc(C(=O)N2CCC[C@H]2c2nn[nH]n2)cc1. The van der Waals surface area contributed by atoms with Crippen LogP contribution < -0.4 is 0 Å². The Bertz CT molecular complexity index is 563. The molecular formula is C13H15N5O. The van der Waals surface area contributed by atoms with Crippen molar-refractivity contribution >= 4 is 5.91 Å². The Morgan fingerprint density at radius 1 is 1.37 bits per heavy atom. The number of aromatic amines is 1. The summed E-state index contributed by atoms with van der Waals surface area (Å²) in [5, 5.41) is 14.0. The van der Waals surface area contributed by atoms with Crippen LogP contribution in [0.2, 0.25) is 0 Å². The van der Waals surface area contributed by atoms with E-state index in [0.717, 1.165) is 24.9 Å². The first-order valence-corrected chi connectivity index (χ1v) is 6.36. The van der Waals surface area contributed by atoms with Gasteiger partial charge in [0, 0.05) is 12.1 Å². The molecule has 0 spiro atoms. The highest BCUT2D eigenvalue weighted by Crippen LogP contribution is 2.30. The van der Waals surface area contributed by atoms with Crippen molar-refractivity contribution < 1.29 is 4.79 Å². The molecular weight excluding hydrogens is 242 g/mol. The average Bonchev–Trinajstić information content (AvgIpc) is 3.09. The number of hydrogen-bond acceptors (Lipinski definition) is 4. The van der Waals surface area contributed by atoms with Gasteiger partial charge in [-0.15, -0.1) is 10.2 Å². The Balaban J connectivity index is 1.84. The quantitative estimate of drug-likeness (QED) is 0.884. The first-order valence-electron chi connectivity index (χ1n) is 6.36. The van der Waals surface area contributed by atoms with Gasteiger partial charge in [0.25, 0.3) is 5.91 Å². The summed E-state index contributed by atoms with van der Waals surface area (Å²) in [5.41, 5.74) is 1.86. The smallest absolute Gasteiger partial charge is 0.254 e. The molecule has 6 heteroatoms. The highest BCUT2D eigenvalue weighted by Gasteiger charge is 2.33. The molecule has 0 bridgehead atoms. The van der Waals surface area contributed by atoms with Crippen LogP contribution >= 0.6 is 0 Å². The van der Waals surface area contributed by atoms with Gasteiger partial charge in [-0.2, -0.15) is 5.21 Å². The van der Waals surface area contributed by atoms with Crippen molar-refractivity contribution in [3.8, 4) is 0 Å². The molecule has 1 aliphatic heterocycles. The lowest BCUT2D eigenvalue weighted by molar-refractivity contribution is 0.0730. The van der Waals surface area contributed by atoms with Crippen molar-refractivity contribution in [1.29, 1.82) is 0 Å². The Kier molecular flexibility index (Phi) is 2.98. The first kappa shape index (κ1) is 11.8. The second-order valence-corrected chi connectivity index (χ2v) is 4.79. The number of nitrogens with zero attached hydrogens (tertiary/aromatic N) is 4. The van der Waals surface area contributed by atoms with Crippen molar-refractivity contribution in [1.82, 2.24) is 25.5 Å². The molecule has 1 N–H and O–H groups in total. The van der Waals surface area contributed by atoms with Crippen molar-refractivity contribution in [3.05, 3.63) is 41.2 Å². The molecule has 2 aromatic rings. The third-order valence-electron chi connectivity index (χ3n) is 3.47. The van der Waals surface area contributed by atoms with E-state index < -0.39 is 0 Å². The van der Waals surface area contributed by atoms with Gasteiger partial charge in [0.2, 0.25) is 0 Å². The second kappa shape index (κ2) is 4.79. The normalized spacial score (nSPS) is 18.8. The largest absolute Gasteiger partial charge is 0.328 e. The summed E-state index contributed by atoms with van der Waals surface area (Å²) in [6.45, 7) is 2.75. The average molecular weight is 257 g/mol. The van der Waals surface area contributed by atoms with Gasteiger partial charge in [-0.1, -0.05) is 22.9 Å². The molecule has 0 radical (unpaired) electrons. The Hall–Kier alpha value is -2.24. The summed E-state index contributed by atoms with van der Waals surface area (Å²) in [5.74, 6) is 0.630. The zero-order valence-corrected chi connectivity index (χ0v) is 10.7. The second-order valence-electron chi connectivity index (χ2n) is 4.79. The van der Waals surface area contributed by atoms with Crippen LogP contribution in [0.1, 0.15) is 40.6 Å². The number of tetrazole rings is 1.